The number of nitrogens with one attached hydrogen (secondary N) is 2. The van der Waals surface area contributed by atoms with Gasteiger partial charge in [0.15, 0.2) is 5.76 Å². The third-order valence-corrected chi connectivity index (χ3v) is 4.91. The van der Waals surface area contributed by atoms with E-state index in [1.165, 1.54) is 6.26 Å². The van der Waals surface area contributed by atoms with Crippen molar-refractivity contribution in [1.82, 2.24) is 0 Å². The molecule has 0 spiro atoms. The molecular formula is C27H22N2O4. The van der Waals surface area contributed by atoms with Crippen LogP contribution >= 0.6 is 0 Å². The van der Waals surface area contributed by atoms with Gasteiger partial charge in [-0.2, -0.15) is 0 Å². The number of carbonyl (C=O) groups excluding carboxylic acids is 2. The Morgan fingerprint density at radius 3 is 2.12 bits per heavy atom. The third-order valence-electron chi connectivity index (χ3n) is 4.91. The maximum Gasteiger partial charge on any atom is 0.291 e. The van der Waals surface area contributed by atoms with Gasteiger partial charge in [0.2, 0.25) is 0 Å². The van der Waals surface area contributed by atoms with Crippen LogP contribution in [0.4, 0.5) is 11.4 Å². The van der Waals surface area contributed by atoms with Gasteiger partial charge in [0, 0.05) is 22.5 Å². The van der Waals surface area contributed by atoms with Crippen LogP contribution in [0, 0.1) is 0 Å². The number of rotatable bonds is 7. The van der Waals surface area contributed by atoms with Crippen molar-refractivity contribution >= 4 is 34.8 Å². The number of carbonyl (C=O) groups is 2. The summed E-state index contributed by atoms with van der Waals surface area (Å²) < 4.78 is 10.5. The van der Waals surface area contributed by atoms with Crippen LogP contribution in [0.1, 0.15) is 21.7 Å². The van der Waals surface area contributed by atoms with Gasteiger partial charge in [0.25, 0.3) is 11.8 Å². The van der Waals surface area contributed by atoms with Crippen molar-refractivity contribution in [3.8, 4) is 5.75 Å². The zero-order valence-corrected chi connectivity index (χ0v) is 17.9. The van der Waals surface area contributed by atoms with Crippen molar-refractivity contribution in [2.24, 2.45) is 0 Å². The summed E-state index contributed by atoms with van der Waals surface area (Å²) in [4.78, 5) is 25.4. The molecule has 1 heterocycles. The summed E-state index contributed by atoms with van der Waals surface area (Å²) in [6.07, 6.45) is 3.25. The molecule has 2 amide bonds. The second-order valence-corrected chi connectivity index (χ2v) is 7.13. The Balaban J connectivity index is 1.55. The Morgan fingerprint density at radius 1 is 0.788 bits per heavy atom. The van der Waals surface area contributed by atoms with E-state index in [2.05, 4.69) is 10.6 Å². The minimum Gasteiger partial charge on any atom is -0.496 e. The molecule has 1 aromatic heterocycles. The van der Waals surface area contributed by atoms with Crippen molar-refractivity contribution in [1.29, 1.82) is 0 Å². The fraction of sp³-hybridized carbons (Fsp3) is 0.0370. The highest BCUT2D eigenvalue weighted by molar-refractivity contribution is 6.29. The summed E-state index contributed by atoms with van der Waals surface area (Å²) in [5.74, 6) is 0.291. The Hall–Kier alpha value is -4.58. The average molecular weight is 438 g/mol. The number of furan rings is 1. The first-order chi connectivity index (χ1) is 16.1. The molecule has 0 unspecified atom stereocenters. The molecule has 0 aliphatic heterocycles. The third kappa shape index (κ3) is 5.37. The van der Waals surface area contributed by atoms with Crippen molar-refractivity contribution in [3.63, 3.8) is 0 Å². The number of anilines is 2. The fourth-order valence-electron chi connectivity index (χ4n) is 3.27. The van der Waals surface area contributed by atoms with Crippen LogP contribution in [0.25, 0.3) is 11.6 Å². The first kappa shape index (κ1) is 21.6. The van der Waals surface area contributed by atoms with Crippen molar-refractivity contribution in [3.05, 3.63) is 114 Å². The Kier molecular flexibility index (Phi) is 6.66. The molecule has 0 bridgehead atoms. The van der Waals surface area contributed by atoms with E-state index >= 15 is 0 Å². The van der Waals surface area contributed by atoms with Crippen LogP contribution in [0.3, 0.4) is 0 Å². The van der Waals surface area contributed by atoms with Gasteiger partial charge in [-0.15, -0.1) is 0 Å². The van der Waals surface area contributed by atoms with E-state index in [1.54, 1.807) is 49.6 Å². The molecule has 3 aromatic carbocycles. The smallest absolute Gasteiger partial charge is 0.291 e. The van der Waals surface area contributed by atoms with Gasteiger partial charge in [-0.05, 0) is 54.1 Å². The van der Waals surface area contributed by atoms with Gasteiger partial charge in [-0.3, -0.25) is 9.59 Å². The largest absolute Gasteiger partial charge is 0.496 e. The van der Waals surface area contributed by atoms with Crippen LogP contribution in [0.2, 0.25) is 0 Å². The quantitative estimate of drug-likeness (QED) is 0.286. The number of ether oxygens (including phenoxy) is 1. The van der Waals surface area contributed by atoms with Gasteiger partial charge in [0.1, 0.15) is 5.75 Å². The number of hydrogen-bond donors (Lipinski definition) is 2. The van der Waals surface area contributed by atoms with Gasteiger partial charge >= 0.3 is 0 Å². The maximum atomic E-state index is 13.2. The molecule has 164 valence electrons. The van der Waals surface area contributed by atoms with Crippen LogP contribution < -0.4 is 15.4 Å². The van der Waals surface area contributed by atoms with E-state index in [0.29, 0.717) is 22.7 Å². The lowest BCUT2D eigenvalue weighted by Crippen LogP contribution is -2.14. The molecule has 0 aliphatic carbocycles. The van der Waals surface area contributed by atoms with E-state index in [9.17, 15) is 9.59 Å². The van der Waals surface area contributed by atoms with Crippen LogP contribution in [0.15, 0.2) is 102 Å². The lowest BCUT2D eigenvalue weighted by atomic mass is 10.0. The van der Waals surface area contributed by atoms with Gasteiger partial charge in [-0.25, -0.2) is 0 Å². The van der Waals surface area contributed by atoms with E-state index in [1.807, 2.05) is 54.6 Å². The summed E-state index contributed by atoms with van der Waals surface area (Å²) in [5, 5.41) is 5.68. The zero-order valence-electron chi connectivity index (χ0n) is 17.9. The molecule has 2 N–H and O–H groups in total. The number of amides is 2. The second kappa shape index (κ2) is 10.2. The molecule has 0 atom stereocenters. The molecule has 6 nitrogen and oxygen atoms in total. The lowest BCUT2D eigenvalue weighted by molar-refractivity contribution is -0.111. The highest BCUT2D eigenvalue weighted by Gasteiger charge is 2.14. The SMILES string of the molecule is COc1ccccc1/C=C(/C(=O)Nc1ccc(NC(=O)c2ccco2)cc1)c1ccccc1. The molecule has 0 saturated carbocycles. The molecule has 0 saturated heterocycles. The van der Waals surface area contributed by atoms with Crippen molar-refractivity contribution in [2.75, 3.05) is 17.7 Å². The Morgan fingerprint density at radius 2 is 1.45 bits per heavy atom. The molecule has 33 heavy (non-hydrogen) atoms. The Labute approximate surface area is 191 Å². The molecule has 4 rings (SSSR count). The highest BCUT2D eigenvalue weighted by Crippen LogP contribution is 2.26. The minimum atomic E-state index is -0.345. The summed E-state index contributed by atoms with van der Waals surface area (Å²) in [6, 6.07) is 27.1. The summed E-state index contributed by atoms with van der Waals surface area (Å²) >= 11 is 0. The standard InChI is InChI=1S/C27H22N2O4/c1-32-24-11-6-5-10-20(24)18-23(19-8-3-2-4-9-19)26(30)28-21-13-15-22(16-14-21)29-27(31)25-12-7-17-33-25/h2-18H,1H3,(H,28,30)(H,29,31)/b23-18+. The topological polar surface area (TPSA) is 80.6 Å². The monoisotopic (exact) mass is 438 g/mol. The summed E-state index contributed by atoms with van der Waals surface area (Å²) in [6.45, 7) is 0. The second-order valence-electron chi connectivity index (χ2n) is 7.13. The number of benzene rings is 3. The van der Waals surface area contributed by atoms with E-state index in [-0.39, 0.29) is 17.6 Å². The van der Waals surface area contributed by atoms with E-state index in [0.717, 1.165) is 11.1 Å². The van der Waals surface area contributed by atoms with Crippen molar-refractivity contribution < 1.29 is 18.7 Å². The molecule has 4 aromatic rings. The van der Waals surface area contributed by atoms with E-state index < -0.39 is 0 Å². The molecule has 6 heteroatoms. The average Bonchev–Trinajstić information content (AvgIpc) is 3.40. The maximum absolute atomic E-state index is 13.2. The van der Waals surface area contributed by atoms with Gasteiger partial charge in [0.05, 0.1) is 13.4 Å². The number of methoxy groups -OCH3 is 1. The highest BCUT2D eigenvalue weighted by atomic mass is 16.5. The molecular weight excluding hydrogens is 416 g/mol. The Bertz CT molecular complexity index is 1260. The van der Waals surface area contributed by atoms with Crippen LogP contribution in [-0.4, -0.2) is 18.9 Å². The molecule has 0 radical (unpaired) electrons. The zero-order chi connectivity index (χ0) is 23.0. The normalized spacial score (nSPS) is 11.0. The molecule has 0 fully saturated rings. The minimum absolute atomic E-state index is 0.223. The van der Waals surface area contributed by atoms with Gasteiger partial charge < -0.3 is 19.8 Å². The number of para-hydroxylation sites is 1. The van der Waals surface area contributed by atoms with Gasteiger partial charge in [-0.1, -0.05) is 48.5 Å². The predicted octanol–water partition coefficient (Wildman–Crippen LogP) is 5.72. The first-order valence-corrected chi connectivity index (χ1v) is 10.3. The first-order valence-electron chi connectivity index (χ1n) is 10.3. The van der Waals surface area contributed by atoms with E-state index in [4.69, 9.17) is 9.15 Å². The molecule has 0 aliphatic rings. The summed E-state index contributed by atoms with van der Waals surface area (Å²) in [7, 11) is 1.60. The predicted molar refractivity (Wildman–Crippen MR) is 129 cm³/mol. The van der Waals surface area contributed by atoms with Crippen LogP contribution in [0.5, 0.6) is 5.75 Å². The number of hydrogen-bond acceptors (Lipinski definition) is 4. The van der Waals surface area contributed by atoms with Crippen LogP contribution in [-0.2, 0) is 4.79 Å². The fourth-order valence-corrected chi connectivity index (χ4v) is 3.27. The summed E-state index contributed by atoms with van der Waals surface area (Å²) in [5.41, 5.74) is 3.25. The lowest BCUT2D eigenvalue weighted by Gasteiger charge is -2.12. The van der Waals surface area contributed by atoms with Crippen molar-refractivity contribution in [2.45, 2.75) is 0 Å².